The highest BCUT2D eigenvalue weighted by molar-refractivity contribution is 9.10. The molecule has 3 nitrogen and oxygen atoms in total. The summed E-state index contributed by atoms with van der Waals surface area (Å²) in [5.74, 6) is -0.761. The van der Waals surface area contributed by atoms with E-state index in [1.165, 1.54) is 0 Å². The number of ether oxygens (including phenoxy) is 1. The number of hydrogen-bond donors (Lipinski definition) is 0. The van der Waals surface area contributed by atoms with E-state index in [0.29, 0.717) is 29.2 Å². The predicted molar refractivity (Wildman–Crippen MR) is 103 cm³/mol. The van der Waals surface area contributed by atoms with Crippen LogP contribution < -0.4 is 0 Å². The Morgan fingerprint density at radius 3 is 2.50 bits per heavy atom. The maximum Gasteiger partial charge on any atom is 0.310 e. The number of halogens is 2. The van der Waals surface area contributed by atoms with Crippen LogP contribution in [-0.4, -0.2) is 17.9 Å². The first-order valence-corrected chi connectivity index (χ1v) is 9.20. The Hall–Kier alpha value is -2.01. The number of esters is 1. The third kappa shape index (κ3) is 5.77. The Labute approximate surface area is 161 Å². The Morgan fingerprint density at radius 1 is 1.15 bits per heavy atom. The first kappa shape index (κ1) is 20.3. The first-order valence-electron chi connectivity index (χ1n) is 8.41. The third-order valence-electron chi connectivity index (χ3n) is 3.77. The molecule has 0 fully saturated rings. The molecule has 0 heterocycles. The molecule has 0 saturated heterocycles. The number of aldehydes is 1. The molecule has 26 heavy (non-hydrogen) atoms. The van der Waals surface area contributed by atoms with Crippen molar-refractivity contribution in [3.05, 3.63) is 68.9 Å². The Bertz CT molecular complexity index is 809. The molecular weight excluding hydrogens is 399 g/mol. The summed E-state index contributed by atoms with van der Waals surface area (Å²) in [7, 11) is 0. The van der Waals surface area contributed by atoms with Gasteiger partial charge in [0, 0.05) is 4.47 Å². The molecule has 0 aromatic heterocycles. The van der Waals surface area contributed by atoms with E-state index in [9.17, 15) is 14.0 Å². The second kappa shape index (κ2) is 8.58. The summed E-state index contributed by atoms with van der Waals surface area (Å²) in [6, 6.07) is 11.0. The maximum atomic E-state index is 14.3. The van der Waals surface area contributed by atoms with Gasteiger partial charge in [0.25, 0.3) is 0 Å². The van der Waals surface area contributed by atoms with Gasteiger partial charge in [0.2, 0.25) is 0 Å². The molecule has 0 bridgehead atoms. The summed E-state index contributed by atoms with van der Waals surface area (Å²) in [5.41, 5.74) is 1.89. The average Bonchev–Trinajstić information content (AvgIpc) is 2.53. The van der Waals surface area contributed by atoms with Gasteiger partial charge in [-0.1, -0.05) is 30.3 Å². The minimum Gasteiger partial charge on any atom is -0.460 e. The zero-order valence-corrected chi connectivity index (χ0v) is 16.7. The fourth-order valence-corrected chi connectivity index (χ4v) is 3.03. The van der Waals surface area contributed by atoms with Crippen molar-refractivity contribution in [2.45, 2.75) is 45.6 Å². The van der Waals surface area contributed by atoms with E-state index >= 15 is 0 Å². The largest absolute Gasteiger partial charge is 0.460 e. The van der Waals surface area contributed by atoms with Gasteiger partial charge >= 0.3 is 5.97 Å². The van der Waals surface area contributed by atoms with Gasteiger partial charge in [-0.15, -0.1) is 0 Å². The van der Waals surface area contributed by atoms with Crippen LogP contribution in [0.5, 0.6) is 0 Å². The van der Waals surface area contributed by atoms with Gasteiger partial charge < -0.3 is 4.74 Å². The number of benzene rings is 2. The number of rotatable bonds is 6. The van der Waals surface area contributed by atoms with E-state index in [0.717, 1.165) is 11.1 Å². The van der Waals surface area contributed by atoms with Crippen molar-refractivity contribution in [2.75, 3.05) is 0 Å². The van der Waals surface area contributed by atoms with Crippen molar-refractivity contribution in [1.29, 1.82) is 0 Å². The highest BCUT2D eigenvalue weighted by Crippen LogP contribution is 2.22. The van der Waals surface area contributed by atoms with Crippen molar-refractivity contribution in [2.24, 2.45) is 0 Å². The molecule has 2 rings (SSSR count). The molecule has 0 spiro atoms. The van der Waals surface area contributed by atoms with Crippen LogP contribution in [0.4, 0.5) is 4.39 Å². The molecule has 0 N–H and O–H groups in total. The quantitative estimate of drug-likeness (QED) is 0.483. The highest BCUT2D eigenvalue weighted by atomic mass is 79.9. The molecular formula is C21H22BrFO3. The highest BCUT2D eigenvalue weighted by Gasteiger charge is 2.16. The van der Waals surface area contributed by atoms with Crippen LogP contribution in [0, 0.1) is 5.82 Å². The lowest BCUT2D eigenvalue weighted by Crippen LogP contribution is -2.24. The molecule has 2 aromatic carbocycles. The maximum absolute atomic E-state index is 14.3. The second-order valence-electron chi connectivity index (χ2n) is 7.14. The summed E-state index contributed by atoms with van der Waals surface area (Å²) < 4.78 is 20.1. The summed E-state index contributed by atoms with van der Waals surface area (Å²) in [6.45, 7) is 5.50. The van der Waals surface area contributed by atoms with Crippen LogP contribution in [0.15, 0.2) is 40.9 Å². The SMILES string of the molecule is CC(C)(C)OC(=O)Cc1cccc(CCc2ccc(Br)c(C=O)c2F)c1. The van der Waals surface area contributed by atoms with Crippen LogP contribution in [0.2, 0.25) is 0 Å². The molecule has 0 radical (unpaired) electrons. The predicted octanol–water partition coefficient (Wildman–Crippen LogP) is 5.07. The van der Waals surface area contributed by atoms with Gasteiger partial charge in [-0.3, -0.25) is 9.59 Å². The monoisotopic (exact) mass is 420 g/mol. The molecule has 2 aromatic rings. The van der Waals surface area contributed by atoms with E-state index < -0.39 is 11.4 Å². The van der Waals surface area contributed by atoms with Crippen molar-refractivity contribution in [1.82, 2.24) is 0 Å². The first-order chi connectivity index (χ1) is 12.2. The van der Waals surface area contributed by atoms with E-state index in [1.54, 1.807) is 12.1 Å². The standard InChI is InChI=1S/C21H22BrFO3/c1-21(2,3)26-19(25)12-15-6-4-5-14(11-15)7-8-16-9-10-18(22)17(13-24)20(16)23/h4-6,9-11,13H,7-8,12H2,1-3H3. The summed E-state index contributed by atoms with van der Waals surface area (Å²) in [5, 5.41) is 0. The van der Waals surface area contributed by atoms with E-state index in [4.69, 9.17) is 4.74 Å². The molecule has 0 aliphatic carbocycles. The van der Waals surface area contributed by atoms with E-state index in [1.807, 2.05) is 45.0 Å². The molecule has 0 atom stereocenters. The van der Waals surface area contributed by atoms with Crippen LogP contribution in [-0.2, 0) is 28.8 Å². The Kier molecular flexibility index (Phi) is 6.70. The molecule has 0 aliphatic rings. The van der Waals surface area contributed by atoms with Gasteiger partial charge in [0.1, 0.15) is 11.4 Å². The minimum atomic E-state index is -0.510. The molecule has 0 aliphatic heterocycles. The minimum absolute atomic E-state index is 0.0428. The van der Waals surface area contributed by atoms with Gasteiger partial charge in [-0.2, -0.15) is 0 Å². The lowest BCUT2D eigenvalue weighted by Gasteiger charge is -2.19. The topological polar surface area (TPSA) is 43.4 Å². The lowest BCUT2D eigenvalue weighted by molar-refractivity contribution is -0.153. The number of aryl methyl sites for hydroxylation is 2. The molecule has 0 amide bonds. The molecule has 0 saturated carbocycles. The van der Waals surface area contributed by atoms with Gasteiger partial charge in [-0.05, 0) is 72.3 Å². The normalized spacial score (nSPS) is 11.3. The van der Waals surface area contributed by atoms with Gasteiger partial charge in [0.05, 0.1) is 12.0 Å². The third-order valence-corrected chi connectivity index (χ3v) is 4.46. The Morgan fingerprint density at radius 2 is 1.85 bits per heavy atom. The van der Waals surface area contributed by atoms with Crippen molar-refractivity contribution in [3.8, 4) is 0 Å². The van der Waals surface area contributed by atoms with Crippen LogP contribution >= 0.6 is 15.9 Å². The summed E-state index contributed by atoms with van der Waals surface area (Å²) in [6.07, 6.45) is 1.80. The van der Waals surface area contributed by atoms with Crippen molar-refractivity contribution < 1.29 is 18.7 Å². The zero-order chi connectivity index (χ0) is 19.3. The van der Waals surface area contributed by atoms with E-state index in [-0.39, 0.29) is 18.0 Å². The van der Waals surface area contributed by atoms with Gasteiger partial charge in [-0.25, -0.2) is 4.39 Å². The second-order valence-corrected chi connectivity index (χ2v) is 7.99. The fraction of sp³-hybridized carbons (Fsp3) is 0.333. The van der Waals surface area contributed by atoms with Crippen LogP contribution in [0.1, 0.15) is 47.8 Å². The summed E-state index contributed by atoms with van der Waals surface area (Å²) >= 11 is 3.18. The Balaban J connectivity index is 2.05. The fourth-order valence-electron chi connectivity index (χ4n) is 2.63. The summed E-state index contributed by atoms with van der Waals surface area (Å²) in [4.78, 5) is 23.0. The van der Waals surface area contributed by atoms with Crippen LogP contribution in [0.25, 0.3) is 0 Å². The molecule has 0 unspecified atom stereocenters. The van der Waals surface area contributed by atoms with Crippen molar-refractivity contribution in [3.63, 3.8) is 0 Å². The van der Waals surface area contributed by atoms with Crippen molar-refractivity contribution >= 4 is 28.2 Å². The lowest BCUT2D eigenvalue weighted by atomic mass is 10.00. The molecule has 5 heteroatoms. The zero-order valence-electron chi connectivity index (χ0n) is 15.1. The average molecular weight is 421 g/mol. The number of carbonyl (C=O) groups is 2. The van der Waals surface area contributed by atoms with Crippen LogP contribution in [0.3, 0.4) is 0 Å². The van der Waals surface area contributed by atoms with Gasteiger partial charge in [0.15, 0.2) is 6.29 Å². The van der Waals surface area contributed by atoms with E-state index in [2.05, 4.69) is 15.9 Å². The number of carbonyl (C=O) groups excluding carboxylic acids is 2. The smallest absolute Gasteiger partial charge is 0.310 e. The number of hydrogen-bond acceptors (Lipinski definition) is 3. The molecule has 138 valence electrons.